The summed E-state index contributed by atoms with van der Waals surface area (Å²) < 4.78 is 9.91. The molecule has 1 aromatic carbocycles. The number of hydrogen-bond donors (Lipinski definition) is 0. The fourth-order valence-corrected chi connectivity index (χ4v) is 2.20. The van der Waals surface area contributed by atoms with Gasteiger partial charge in [0.1, 0.15) is 0 Å². The zero-order valence-electron chi connectivity index (χ0n) is 13.0. The lowest BCUT2D eigenvalue weighted by Gasteiger charge is -2.22. The number of carbonyl (C=O) groups excluding carboxylic acids is 2. The summed E-state index contributed by atoms with van der Waals surface area (Å²) in [6.45, 7) is 3.43. The molecular weight excluding hydrogens is 306 g/mol. The Morgan fingerprint density at radius 3 is 2.59 bits per heavy atom. The van der Waals surface area contributed by atoms with E-state index in [0.29, 0.717) is 43.3 Å². The fraction of sp³-hybridized carbons (Fsp3) is 0.500. The first kappa shape index (κ1) is 18.5. The fourth-order valence-electron chi connectivity index (χ4n) is 1.98. The van der Waals surface area contributed by atoms with E-state index in [2.05, 4.69) is 0 Å². The van der Waals surface area contributed by atoms with Crippen LogP contribution in [0.2, 0.25) is 5.02 Å². The van der Waals surface area contributed by atoms with Gasteiger partial charge in [0.15, 0.2) is 0 Å². The van der Waals surface area contributed by atoms with Crippen LogP contribution in [0.4, 0.5) is 0 Å². The molecule has 6 heteroatoms. The van der Waals surface area contributed by atoms with E-state index in [1.807, 2.05) is 0 Å². The van der Waals surface area contributed by atoms with Gasteiger partial charge in [-0.1, -0.05) is 23.7 Å². The van der Waals surface area contributed by atoms with Crippen LogP contribution in [-0.2, 0) is 14.3 Å². The number of amides is 1. The van der Waals surface area contributed by atoms with Gasteiger partial charge in [0.05, 0.1) is 23.6 Å². The van der Waals surface area contributed by atoms with Crippen LogP contribution in [0.15, 0.2) is 24.3 Å². The van der Waals surface area contributed by atoms with E-state index >= 15 is 0 Å². The predicted molar refractivity (Wildman–Crippen MR) is 85.1 cm³/mol. The summed E-state index contributed by atoms with van der Waals surface area (Å²) in [5, 5.41) is 0.403. The van der Waals surface area contributed by atoms with Gasteiger partial charge >= 0.3 is 5.97 Å². The van der Waals surface area contributed by atoms with Crippen LogP contribution in [0.5, 0.6) is 0 Å². The van der Waals surface area contributed by atoms with Crippen molar-refractivity contribution in [2.75, 3.05) is 33.4 Å². The SMILES string of the molecule is CCOC(=O)CCN(CCCOC)C(=O)c1ccccc1Cl. The first-order valence-electron chi connectivity index (χ1n) is 7.28. The molecule has 5 nitrogen and oxygen atoms in total. The van der Waals surface area contributed by atoms with Crippen molar-refractivity contribution in [3.63, 3.8) is 0 Å². The molecule has 0 aliphatic heterocycles. The van der Waals surface area contributed by atoms with Gasteiger partial charge in [0, 0.05) is 26.8 Å². The van der Waals surface area contributed by atoms with Crippen LogP contribution in [0.3, 0.4) is 0 Å². The van der Waals surface area contributed by atoms with E-state index in [4.69, 9.17) is 21.1 Å². The topological polar surface area (TPSA) is 55.8 Å². The second kappa shape index (κ2) is 10.2. The van der Waals surface area contributed by atoms with Crippen LogP contribution in [-0.4, -0.2) is 50.2 Å². The number of nitrogens with zero attached hydrogens (tertiary/aromatic N) is 1. The number of rotatable bonds is 9. The molecule has 1 aromatic rings. The highest BCUT2D eigenvalue weighted by Crippen LogP contribution is 2.17. The molecule has 0 atom stereocenters. The Balaban J connectivity index is 2.73. The van der Waals surface area contributed by atoms with E-state index in [9.17, 15) is 9.59 Å². The van der Waals surface area contributed by atoms with E-state index < -0.39 is 0 Å². The van der Waals surface area contributed by atoms with Crippen LogP contribution in [0.1, 0.15) is 30.1 Å². The molecule has 0 unspecified atom stereocenters. The van der Waals surface area contributed by atoms with Gasteiger partial charge < -0.3 is 14.4 Å². The third-order valence-corrected chi connectivity index (χ3v) is 3.39. The number of methoxy groups -OCH3 is 1. The Bertz CT molecular complexity index is 493. The standard InChI is InChI=1S/C16H22ClNO4/c1-3-22-15(19)9-11-18(10-6-12-21-2)16(20)13-7-4-5-8-14(13)17/h4-5,7-8H,3,6,9-12H2,1-2H3. The molecule has 0 fully saturated rings. The molecule has 0 N–H and O–H groups in total. The maximum absolute atomic E-state index is 12.6. The molecule has 22 heavy (non-hydrogen) atoms. The van der Waals surface area contributed by atoms with Crippen LogP contribution >= 0.6 is 11.6 Å². The summed E-state index contributed by atoms with van der Waals surface area (Å²) in [5.41, 5.74) is 0.436. The van der Waals surface area contributed by atoms with E-state index in [1.165, 1.54) is 0 Å². The maximum Gasteiger partial charge on any atom is 0.307 e. The first-order valence-corrected chi connectivity index (χ1v) is 7.66. The monoisotopic (exact) mass is 327 g/mol. The molecule has 0 bridgehead atoms. The number of halogens is 1. The molecule has 1 amide bonds. The van der Waals surface area contributed by atoms with E-state index in [-0.39, 0.29) is 18.3 Å². The third kappa shape index (κ3) is 6.03. The smallest absolute Gasteiger partial charge is 0.307 e. The Morgan fingerprint density at radius 1 is 1.23 bits per heavy atom. The van der Waals surface area contributed by atoms with Gasteiger partial charge in [0.2, 0.25) is 0 Å². The molecule has 0 aliphatic carbocycles. The number of carbonyl (C=O) groups is 2. The number of esters is 1. The summed E-state index contributed by atoms with van der Waals surface area (Å²) in [6, 6.07) is 6.89. The van der Waals surface area contributed by atoms with Gasteiger partial charge in [0.25, 0.3) is 5.91 Å². The third-order valence-electron chi connectivity index (χ3n) is 3.06. The second-order valence-corrected chi connectivity index (χ2v) is 5.08. The van der Waals surface area contributed by atoms with Crippen LogP contribution < -0.4 is 0 Å². The van der Waals surface area contributed by atoms with E-state index in [0.717, 1.165) is 0 Å². The van der Waals surface area contributed by atoms with Crippen molar-refractivity contribution in [3.05, 3.63) is 34.9 Å². The van der Waals surface area contributed by atoms with Gasteiger partial charge in [-0.15, -0.1) is 0 Å². The largest absolute Gasteiger partial charge is 0.466 e. The second-order valence-electron chi connectivity index (χ2n) is 4.67. The zero-order valence-corrected chi connectivity index (χ0v) is 13.8. The molecule has 122 valence electrons. The minimum Gasteiger partial charge on any atom is -0.466 e. The van der Waals surface area contributed by atoms with E-state index in [1.54, 1.807) is 43.2 Å². The van der Waals surface area contributed by atoms with Crippen molar-refractivity contribution in [2.45, 2.75) is 19.8 Å². The van der Waals surface area contributed by atoms with Gasteiger partial charge in [-0.3, -0.25) is 9.59 Å². The highest BCUT2D eigenvalue weighted by molar-refractivity contribution is 6.33. The van der Waals surface area contributed by atoms with Crippen molar-refractivity contribution in [1.82, 2.24) is 4.90 Å². The number of hydrogen-bond acceptors (Lipinski definition) is 4. The minimum absolute atomic E-state index is 0.164. The molecule has 0 radical (unpaired) electrons. The lowest BCUT2D eigenvalue weighted by Crippen LogP contribution is -2.34. The van der Waals surface area contributed by atoms with Gasteiger partial charge in [-0.2, -0.15) is 0 Å². The Morgan fingerprint density at radius 2 is 1.95 bits per heavy atom. The van der Waals surface area contributed by atoms with Crippen molar-refractivity contribution in [2.24, 2.45) is 0 Å². The number of benzene rings is 1. The molecular formula is C16H22ClNO4. The quantitative estimate of drug-likeness (QED) is 0.517. The molecule has 0 saturated carbocycles. The summed E-state index contributed by atoms with van der Waals surface area (Å²) in [5.74, 6) is -0.503. The number of ether oxygens (including phenoxy) is 2. The summed E-state index contributed by atoms with van der Waals surface area (Å²) in [4.78, 5) is 25.7. The molecule has 0 heterocycles. The van der Waals surface area contributed by atoms with Crippen LogP contribution in [0, 0.1) is 0 Å². The van der Waals surface area contributed by atoms with Gasteiger partial charge in [-0.05, 0) is 25.5 Å². The molecule has 0 aromatic heterocycles. The molecule has 1 rings (SSSR count). The van der Waals surface area contributed by atoms with Gasteiger partial charge in [-0.25, -0.2) is 0 Å². The highest BCUT2D eigenvalue weighted by atomic mass is 35.5. The lowest BCUT2D eigenvalue weighted by atomic mass is 10.2. The Kier molecular flexibility index (Phi) is 8.55. The van der Waals surface area contributed by atoms with Crippen molar-refractivity contribution in [3.8, 4) is 0 Å². The van der Waals surface area contributed by atoms with Crippen molar-refractivity contribution >= 4 is 23.5 Å². The Hall–Kier alpha value is -1.59. The first-order chi connectivity index (χ1) is 10.6. The molecule has 0 aliphatic rings. The zero-order chi connectivity index (χ0) is 16.4. The minimum atomic E-state index is -0.314. The molecule has 0 spiro atoms. The predicted octanol–water partition coefficient (Wildman–Crippen LogP) is 2.77. The summed E-state index contributed by atoms with van der Waals surface area (Å²) >= 11 is 6.07. The summed E-state index contributed by atoms with van der Waals surface area (Å²) in [7, 11) is 1.61. The average Bonchev–Trinajstić information content (AvgIpc) is 2.51. The normalized spacial score (nSPS) is 10.3. The molecule has 0 saturated heterocycles. The van der Waals surface area contributed by atoms with Crippen molar-refractivity contribution in [1.29, 1.82) is 0 Å². The lowest BCUT2D eigenvalue weighted by molar-refractivity contribution is -0.143. The van der Waals surface area contributed by atoms with Crippen LogP contribution in [0.25, 0.3) is 0 Å². The summed E-state index contributed by atoms with van der Waals surface area (Å²) in [6.07, 6.45) is 0.854. The Labute approximate surface area is 136 Å². The highest BCUT2D eigenvalue weighted by Gasteiger charge is 2.19. The maximum atomic E-state index is 12.6. The average molecular weight is 328 g/mol. The van der Waals surface area contributed by atoms with Crippen molar-refractivity contribution < 1.29 is 19.1 Å².